The first kappa shape index (κ1) is 44.0. The third-order valence-corrected chi connectivity index (χ3v) is 13.6. The van der Waals surface area contributed by atoms with Crippen molar-refractivity contribution in [2.24, 2.45) is 10.9 Å². The summed E-state index contributed by atoms with van der Waals surface area (Å²) in [5, 5.41) is 25.9. The quantitative estimate of drug-likeness (QED) is 0.0647. The maximum Gasteiger partial charge on any atom is 0.269 e. The van der Waals surface area contributed by atoms with Gasteiger partial charge in [0, 0.05) is 77.0 Å². The van der Waals surface area contributed by atoms with E-state index in [0.717, 1.165) is 26.7 Å². The standard InChI is InChI=1S/C45H49BrN6O7S/c1-28(43(53)27-42(47)29(2)31-11-15-39(16-12-31)52(56)57)21-34-24-38(23-33-7-4-5-8-41(33)34)50-45(55)36-22-35(44(54)49-30(3)32-9-13-37(46)14-10-32)25-40(26-36)51-19-6-17-48-18-20-60(51,58)59/h4-5,7-16,18,22,25-26,28-30,34,38,47H,6,17,19-21,23-24,27H2,1-3H3,(H,49,54)(H,50,55)/t28-,29-,30-,34?,38+/m1/s1. The minimum absolute atomic E-state index is 0.0393. The van der Waals surface area contributed by atoms with Gasteiger partial charge >= 0.3 is 0 Å². The molecule has 0 bridgehead atoms. The number of hydrogen-bond donors (Lipinski definition) is 3. The van der Waals surface area contributed by atoms with E-state index in [-0.39, 0.29) is 70.7 Å². The minimum Gasteiger partial charge on any atom is -0.349 e. The molecule has 0 saturated carbocycles. The summed E-state index contributed by atoms with van der Waals surface area (Å²) in [6, 6.07) is 25.3. The number of non-ortho nitro benzene ring substituents is 1. The Morgan fingerprint density at radius 1 is 0.950 bits per heavy atom. The van der Waals surface area contributed by atoms with E-state index in [1.807, 2.05) is 69.3 Å². The van der Waals surface area contributed by atoms with Gasteiger partial charge in [-0.1, -0.05) is 78.3 Å². The highest BCUT2D eigenvalue weighted by atomic mass is 79.9. The third-order valence-electron chi connectivity index (χ3n) is 11.4. The van der Waals surface area contributed by atoms with Crippen LogP contribution < -0.4 is 14.9 Å². The average Bonchev–Trinajstić information content (AvgIpc) is 3.22. The second-order valence-electron chi connectivity index (χ2n) is 15.7. The number of ketones is 1. The molecule has 3 N–H and O–H groups in total. The second kappa shape index (κ2) is 19.2. The number of aliphatic imine (C=N–C) groups is 1. The zero-order valence-corrected chi connectivity index (χ0v) is 36.2. The molecule has 1 aliphatic carbocycles. The van der Waals surface area contributed by atoms with Gasteiger partial charge in [0.1, 0.15) is 11.5 Å². The van der Waals surface area contributed by atoms with E-state index >= 15 is 0 Å². The molecule has 4 aromatic rings. The van der Waals surface area contributed by atoms with Crippen LogP contribution in [0.25, 0.3) is 0 Å². The number of halogens is 1. The number of nitrogens with one attached hydrogen (secondary N) is 3. The number of benzene rings is 4. The number of nitro benzene ring substituents is 1. The van der Waals surface area contributed by atoms with Crippen LogP contribution in [-0.2, 0) is 21.2 Å². The molecule has 1 unspecified atom stereocenters. The molecule has 0 aromatic heterocycles. The highest BCUT2D eigenvalue weighted by Crippen LogP contribution is 2.37. The second-order valence-corrected chi connectivity index (χ2v) is 18.5. The Balaban J connectivity index is 1.20. The molecule has 4 aromatic carbocycles. The normalized spacial score (nSPS) is 18.8. The molecule has 60 heavy (non-hydrogen) atoms. The van der Waals surface area contributed by atoms with Gasteiger partial charge in [-0.25, -0.2) is 8.42 Å². The van der Waals surface area contributed by atoms with Crippen LogP contribution >= 0.6 is 15.9 Å². The number of carbonyl (C=O) groups is 3. The molecule has 0 saturated heterocycles. The molecule has 1 heterocycles. The molecular formula is C45H49BrN6O7S. The third kappa shape index (κ3) is 10.8. The first-order valence-electron chi connectivity index (χ1n) is 20.0. The van der Waals surface area contributed by atoms with Crippen LogP contribution in [0.15, 0.2) is 100 Å². The van der Waals surface area contributed by atoms with Crippen LogP contribution in [0.3, 0.4) is 0 Å². The Morgan fingerprint density at radius 3 is 2.32 bits per heavy atom. The molecule has 314 valence electrons. The van der Waals surface area contributed by atoms with Gasteiger partial charge in [-0.15, -0.1) is 0 Å². The first-order valence-corrected chi connectivity index (χ1v) is 22.4. The molecule has 0 radical (unpaired) electrons. The average molecular weight is 898 g/mol. The van der Waals surface area contributed by atoms with Crippen LogP contribution in [0, 0.1) is 21.4 Å². The molecule has 13 nitrogen and oxygen atoms in total. The predicted molar refractivity (Wildman–Crippen MR) is 237 cm³/mol. The molecule has 2 amide bonds. The maximum atomic E-state index is 14.2. The number of hydrogen-bond acceptors (Lipinski definition) is 9. The van der Waals surface area contributed by atoms with Crippen molar-refractivity contribution in [1.82, 2.24) is 10.6 Å². The largest absolute Gasteiger partial charge is 0.349 e. The summed E-state index contributed by atoms with van der Waals surface area (Å²) >= 11 is 3.43. The number of carbonyl (C=O) groups excluding carboxylic acids is 3. The highest BCUT2D eigenvalue weighted by molar-refractivity contribution is 9.10. The van der Waals surface area contributed by atoms with Gasteiger partial charge in [-0.3, -0.25) is 33.8 Å². The molecule has 6 rings (SSSR count). The fraction of sp³-hybridized carbons (Fsp3) is 0.356. The Morgan fingerprint density at radius 2 is 1.62 bits per heavy atom. The van der Waals surface area contributed by atoms with Crippen molar-refractivity contribution < 1.29 is 27.7 Å². The van der Waals surface area contributed by atoms with E-state index in [0.29, 0.717) is 32.2 Å². The highest BCUT2D eigenvalue weighted by Gasteiger charge is 2.32. The van der Waals surface area contributed by atoms with Crippen molar-refractivity contribution >= 4 is 66.9 Å². The Labute approximate surface area is 358 Å². The van der Waals surface area contributed by atoms with E-state index < -0.39 is 38.6 Å². The van der Waals surface area contributed by atoms with Crippen LogP contribution in [0.5, 0.6) is 0 Å². The van der Waals surface area contributed by atoms with Crippen molar-refractivity contribution in [3.05, 3.63) is 139 Å². The molecule has 5 atom stereocenters. The molecule has 1 aliphatic heterocycles. The summed E-state index contributed by atoms with van der Waals surface area (Å²) < 4.78 is 29.1. The Hall–Kier alpha value is -5.54. The fourth-order valence-electron chi connectivity index (χ4n) is 7.89. The molecule has 0 fully saturated rings. The van der Waals surface area contributed by atoms with Crippen molar-refractivity contribution in [1.29, 1.82) is 5.41 Å². The predicted octanol–water partition coefficient (Wildman–Crippen LogP) is 8.10. The topological polar surface area (TPSA) is 192 Å². The number of rotatable bonds is 14. The number of Topliss-reactive ketones (excluding diaryl/α,β-unsaturated/α-hetero) is 1. The number of nitrogens with zero attached hydrogens (tertiary/aromatic N) is 3. The van der Waals surface area contributed by atoms with E-state index in [1.54, 1.807) is 12.1 Å². The lowest BCUT2D eigenvalue weighted by Gasteiger charge is -2.33. The summed E-state index contributed by atoms with van der Waals surface area (Å²) in [7, 11) is -3.86. The lowest BCUT2D eigenvalue weighted by Crippen LogP contribution is -2.41. The van der Waals surface area contributed by atoms with Crippen LogP contribution in [0.4, 0.5) is 11.4 Å². The van der Waals surface area contributed by atoms with Crippen molar-refractivity contribution in [2.75, 3.05) is 23.1 Å². The zero-order chi connectivity index (χ0) is 43.1. The summed E-state index contributed by atoms with van der Waals surface area (Å²) in [5.41, 5.74) is 4.41. The van der Waals surface area contributed by atoms with Gasteiger partial charge in [0.15, 0.2) is 0 Å². The van der Waals surface area contributed by atoms with Crippen LogP contribution in [0.1, 0.15) is 107 Å². The van der Waals surface area contributed by atoms with E-state index in [4.69, 9.17) is 5.41 Å². The lowest BCUT2D eigenvalue weighted by atomic mass is 9.75. The van der Waals surface area contributed by atoms with Gasteiger partial charge in [0.2, 0.25) is 10.0 Å². The van der Waals surface area contributed by atoms with Crippen molar-refractivity contribution in [3.63, 3.8) is 0 Å². The molecule has 15 heteroatoms. The van der Waals surface area contributed by atoms with E-state index in [1.165, 1.54) is 40.9 Å². The van der Waals surface area contributed by atoms with Gasteiger partial charge in [-0.2, -0.15) is 0 Å². The number of fused-ring (bicyclic) bond motifs is 1. The van der Waals surface area contributed by atoms with E-state index in [2.05, 4.69) is 31.6 Å². The monoisotopic (exact) mass is 896 g/mol. The minimum atomic E-state index is -3.86. The van der Waals surface area contributed by atoms with E-state index in [9.17, 15) is 32.9 Å². The number of anilines is 1. The SMILES string of the molecule is C[C@H](CC1C[C@@H](NC(=O)c2cc(C(=O)N[C@H](C)c3ccc(Br)cc3)cc(N3CCCN=CCS3(=O)=O)c2)Cc2ccccc21)C(=O)CC(=N)[C@H](C)c1ccc([N+](=O)[O-])cc1. The number of sulfonamides is 1. The molecular weight excluding hydrogens is 849 g/mol. The van der Waals surface area contributed by atoms with Gasteiger partial charge in [0.25, 0.3) is 17.5 Å². The summed E-state index contributed by atoms with van der Waals surface area (Å²) in [4.78, 5) is 56.4. The summed E-state index contributed by atoms with van der Waals surface area (Å²) in [5.74, 6) is -2.19. The Kier molecular flexibility index (Phi) is 14.1. The first-order chi connectivity index (χ1) is 28.6. The zero-order valence-electron chi connectivity index (χ0n) is 33.8. The molecule has 2 aliphatic rings. The molecule has 0 spiro atoms. The van der Waals surface area contributed by atoms with Crippen molar-refractivity contribution in [3.8, 4) is 0 Å². The van der Waals surface area contributed by atoms with Crippen molar-refractivity contribution in [2.45, 2.75) is 76.8 Å². The van der Waals surface area contributed by atoms with Gasteiger partial charge in [-0.05, 0) is 91.1 Å². The van der Waals surface area contributed by atoms with Gasteiger partial charge in [0.05, 0.1) is 16.7 Å². The number of amides is 2. The van der Waals surface area contributed by atoms with Crippen LogP contribution in [-0.4, -0.2) is 67.7 Å². The maximum absolute atomic E-state index is 14.2. The summed E-state index contributed by atoms with van der Waals surface area (Å²) in [6.07, 6.45) is 3.35. The fourth-order valence-corrected chi connectivity index (χ4v) is 9.47. The number of nitro groups is 1. The van der Waals surface area contributed by atoms with Gasteiger partial charge < -0.3 is 16.0 Å². The smallest absolute Gasteiger partial charge is 0.269 e. The Bertz CT molecular complexity index is 2410. The lowest BCUT2D eigenvalue weighted by molar-refractivity contribution is -0.384. The van der Waals surface area contributed by atoms with Crippen LogP contribution in [0.2, 0.25) is 0 Å². The summed E-state index contributed by atoms with van der Waals surface area (Å²) in [6.45, 7) is 6.10.